The highest BCUT2D eigenvalue weighted by molar-refractivity contribution is 7.19. The van der Waals surface area contributed by atoms with E-state index >= 15 is 0 Å². The summed E-state index contributed by atoms with van der Waals surface area (Å²) in [6, 6.07) is 0. The van der Waals surface area contributed by atoms with Crippen molar-refractivity contribution in [3.63, 3.8) is 0 Å². The van der Waals surface area contributed by atoms with E-state index in [1.165, 1.54) is 33.5 Å². The Morgan fingerprint density at radius 2 is 2.00 bits per heavy atom. The van der Waals surface area contributed by atoms with E-state index in [1.54, 1.807) is 6.92 Å². The highest BCUT2D eigenvalue weighted by Crippen LogP contribution is 2.41. The van der Waals surface area contributed by atoms with Crippen LogP contribution in [0.3, 0.4) is 0 Å². The van der Waals surface area contributed by atoms with Crippen molar-refractivity contribution in [3.05, 3.63) is 16.3 Å². The number of anilines is 1. The predicted octanol–water partition coefficient (Wildman–Crippen LogP) is 3.83. The molecular weight excluding hydrogens is 356 g/mol. The lowest BCUT2D eigenvalue weighted by Crippen LogP contribution is -2.48. The van der Waals surface area contributed by atoms with Crippen LogP contribution in [0.5, 0.6) is 0 Å². The smallest absolute Gasteiger partial charge is 0.219 e. The molecule has 1 aliphatic heterocycles. The molecule has 0 spiro atoms. The molecule has 1 saturated heterocycles. The summed E-state index contributed by atoms with van der Waals surface area (Å²) in [6.45, 7) is 9.53. The summed E-state index contributed by atoms with van der Waals surface area (Å²) in [4.78, 5) is 28.7. The van der Waals surface area contributed by atoms with Crippen LogP contribution in [0.2, 0.25) is 0 Å². The number of carbonyl (C=O) groups is 1. The van der Waals surface area contributed by atoms with Gasteiger partial charge >= 0.3 is 0 Å². The number of carbonyl (C=O) groups excluding carboxylic acids is 1. The molecule has 146 valence electrons. The summed E-state index contributed by atoms with van der Waals surface area (Å²) in [5, 5.41) is 1.30. The molecule has 3 heterocycles. The second-order valence-corrected chi connectivity index (χ2v) is 9.18. The van der Waals surface area contributed by atoms with Crippen molar-refractivity contribution >= 4 is 33.3 Å². The summed E-state index contributed by atoms with van der Waals surface area (Å²) < 4.78 is 0. The van der Waals surface area contributed by atoms with Crippen molar-refractivity contribution in [1.29, 1.82) is 0 Å². The fourth-order valence-electron chi connectivity index (χ4n) is 4.27. The number of nitrogens with zero attached hydrogens (tertiary/aromatic N) is 4. The molecular formula is C21H30N4OS. The molecule has 0 aromatic carbocycles. The van der Waals surface area contributed by atoms with Crippen LogP contribution in [0.1, 0.15) is 56.3 Å². The second kappa shape index (κ2) is 7.74. The molecule has 1 aliphatic carbocycles. The van der Waals surface area contributed by atoms with Gasteiger partial charge in [0.05, 0.1) is 5.39 Å². The molecule has 5 nitrogen and oxygen atoms in total. The number of hydrogen-bond acceptors (Lipinski definition) is 5. The van der Waals surface area contributed by atoms with Crippen molar-refractivity contribution in [2.24, 2.45) is 5.92 Å². The first-order valence-electron chi connectivity index (χ1n) is 10.4. The van der Waals surface area contributed by atoms with Gasteiger partial charge in [-0.1, -0.05) is 20.3 Å². The van der Waals surface area contributed by atoms with Gasteiger partial charge in [-0.05, 0) is 37.2 Å². The molecule has 1 amide bonds. The molecule has 0 N–H and O–H groups in total. The molecule has 0 bridgehead atoms. The quantitative estimate of drug-likeness (QED) is 0.801. The standard InChI is InChI=1S/C21H30N4OS/c1-4-5-6-18-22-20(25-11-9-24(10-12-25)15(3)26)19-16-8-7-14(2)13-17(16)27-21(19)23-18/h14H,4-13H2,1-3H3/t14-/m1/s1. The normalized spacial score (nSPS) is 20.2. The van der Waals surface area contributed by atoms with Crippen LogP contribution in [0.4, 0.5) is 5.82 Å². The van der Waals surface area contributed by atoms with E-state index in [0.717, 1.165) is 69.4 Å². The SMILES string of the molecule is CCCCc1nc(N2CCN(C(C)=O)CC2)c2c3c(sc2n1)C[C@H](C)CC3. The number of aromatic nitrogens is 2. The Hall–Kier alpha value is -1.69. The van der Waals surface area contributed by atoms with E-state index < -0.39 is 0 Å². The molecule has 2 aromatic rings. The number of amides is 1. The first-order chi connectivity index (χ1) is 13.1. The highest BCUT2D eigenvalue weighted by Gasteiger charge is 2.27. The first kappa shape index (κ1) is 18.7. The minimum absolute atomic E-state index is 0.174. The molecule has 2 aromatic heterocycles. The Labute approximate surface area is 165 Å². The Morgan fingerprint density at radius 1 is 1.22 bits per heavy atom. The number of unbranched alkanes of at least 4 members (excludes halogenated alkanes) is 1. The molecule has 0 unspecified atom stereocenters. The maximum atomic E-state index is 11.7. The first-order valence-corrected chi connectivity index (χ1v) is 11.2. The monoisotopic (exact) mass is 386 g/mol. The Balaban J connectivity index is 1.73. The van der Waals surface area contributed by atoms with Crippen LogP contribution in [0, 0.1) is 5.92 Å². The number of piperazine rings is 1. The Bertz CT molecular complexity index is 838. The lowest BCUT2D eigenvalue weighted by Gasteiger charge is -2.35. The Kier molecular flexibility index (Phi) is 5.35. The Morgan fingerprint density at radius 3 is 2.70 bits per heavy atom. The third kappa shape index (κ3) is 3.68. The van der Waals surface area contributed by atoms with Crippen molar-refractivity contribution in [2.75, 3.05) is 31.1 Å². The topological polar surface area (TPSA) is 49.3 Å². The minimum atomic E-state index is 0.174. The lowest BCUT2D eigenvalue weighted by molar-refractivity contribution is -0.129. The second-order valence-electron chi connectivity index (χ2n) is 8.09. The van der Waals surface area contributed by atoms with Gasteiger partial charge in [0.2, 0.25) is 5.91 Å². The highest BCUT2D eigenvalue weighted by atomic mass is 32.1. The molecule has 4 rings (SSSR count). The molecule has 2 aliphatic rings. The van der Waals surface area contributed by atoms with Gasteiger partial charge in [0.25, 0.3) is 0 Å². The zero-order valence-corrected chi connectivity index (χ0v) is 17.6. The van der Waals surface area contributed by atoms with Gasteiger partial charge < -0.3 is 9.80 Å². The van der Waals surface area contributed by atoms with Crippen LogP contribution in [-0.4, -0.2) is 47.0 Å². The van der Waals surface area contributed by atoms with Crippen molar-refractivity contribution in [3.8, 4) is 0 Å². The van der Waals surface area contributed by atoms with Crippen LogP contribution >= 0.6 is 11.3 Å². The molecule has 6 heteroatoms. The van der Waals surface area contributed by atoms with Crippen LogP contribution < -0.4 is 4.90 Å². The maximum Gasteiger partial charge on any atom is 0.219 e. The van der Waals surface area contributed by atoms with Gasteiger partial charge in [-0.25, -0.2) is 9.97 Å². The third-order valence-corrected chi connectivity index (χ3v) is 7.11. The molecule has 0 radical (unpaired) electrons. The van der Waals surface area contributed by atoms with Gasteiger partial charge in [-0.15, -0.1) is 11.3 Å². The van der Waals surface area contributed by atoms with Gasteiger partial charge in [-0.3, -0.25) is 4.79 Å². The number of aryl methyl sites for hydroxylation is 2. The average molecular weight is 387 g/mol. The number of thiophene rings is 1. The van der Waals surface area contributed by atoms with E-state index in [-0.39, 0.29) is 5.91 Å². The van der Waals surface area contributed by atoms with Crippen molar-refractivity contribution < 1.29 is 4.79 Å². The van der Waals surface area contributed by atoms with Crippen molar-refractivity contribution in [2.45, 2.75) is 59.3 Å². The van der Waals surface area contributed by atoms with Gasteiger partial charge in [0, 0.05) is 44.4 Å². The average Bonchev–Trinajstić information content (AvgIpc) is 3.03. The van der Waals surface area contributed by atoms with E-state index in [0.29, 0.717) is 0 Å². The summed E-state index contributed by atoms with van der Waals surface area (Å²) in [7, 11) is 0. The number of hydrogen-bond donors (Lipinski definition) is 0. The summed E-state index contributed by atoms with van der Waals surface area (Å²) in [5.74, 6) is 3.05. The molecule has 0 saturated carbocycles. The fourth-order valence-corrected chi connectivity index (χ4v) is 5.67. The number of fused-ring (bicyclic) bond motifs is 3. The lowest BCUT2D eigenvalue weighted by atomic mass is 9.89. The zero-order chi connectivity index (χ0) is 19.0. The van der Waals surface area contributed by atoms with Crippen molar-refractivity contribution in [1.82, 2.24) is 14.9 Å². The largest absolute Gasteiger partial charge is 0.352 e. The minimum Gasteiger partial charge on any atom is -0.352 e. The summed E-state index contributed by atoms with van der Waals surface area (Å²) in [6.07, 6.45) is 6.82. The molecule has 1 atom stereocenters. The van der Waals surface area contributed by atoms with Gasteiger partial charge in [0.15, 0.2) is 0 Å². The van der Waals surface area contributed by atoms with E-state index in [9.17, 15) is 4.79 Å². The van der Waals surface area contributed by atoms with E-state index in [2.05, 4.69) is 18.7 Å². The van der Waals surface area contributed by atoms with Gasteiger partial charge in [0.1, 0.15) is 16.5 Å². The molecule has 1 fully saturated rings. The zero-order valence-electron chi connectivity index (χ0n) is 16.8. The van der Waals surface area contributed by atoms with Crippen LogP contribution in [-0.2, 0) is 24.1 Å². The van der Waals surface area contributed by atoms with E-state index in [1.807, 2.05) is 16.2 Å². The van der Waals surface area contributed by atoms with Gasteiger partial charge in [-0.2, -0.15) is 0 Å². The summed E-state index contributed by atoms with van der Waals surface area (Å²) >= 11 is 1.89. The predicted molar refractivity (Wildman–Crippen MR) is 112 cm³/mol. The van der Waals surface area contributed by atoms with E-state index in [4.69, 9.17) is 9.97 Å². The third-order valence-electron chi connectivity index (χ3n) is 5.96. The fraction of sp³-hybridized carbons (Fsp3) is 0.667. The maximum absolute atomic E-state index is 11.7. The van der Waals surface area contributed by atoms with Crippen LogP contribution in [0.25, 0.3) is 10.2 Å². The number of rotatable bonds is 4. The molecule has 27 heavy (non-hydrogen) atoms. The summed E-state index contributed by atoms with van der Waals surface area (Å²) in [5.41, 5.74) is 1.50. The van der Waals surface area contributed by atoms with Crippen LogP contribution in [0.15, 0.2) is 0 Å².